The van der Waals surface area contributed by atoms with Crippen molar-refractivity contribution in [1.82, 2.24) is 15.2 Å². The molecule has 2 amide bonds. The molecule has 1 aliphatic heterocycles. The molecule has 2 aromatic carbocycles. The van der Waals surface area contributed by atoms with Crippen LogP contribution in [0.5, 0.6) is 0 Å². The molecule has 1 aliphatic rings. The number of hydrogen-bond acceptors (Lipinski definition) is 6. The minimum Gasteiger partial charge on any atom is -0.275 e. The lowest BCUT2D eigenvalue weighted by Crippen LogP contribution is -2.29. The Morgan fingerprint density at radius 2 is 1.79 bits per heavy atom. The van der Waals surface area contributed by atoms with E-state index in [4.69, 9.17) is 0 Å². The van der Waals surface area contributed by atoms with Gasteiger partial charge in [0, 0.05) is 23.9 Å². The van der Waals surface area contributed by atoms with Gasteiger partial charge in [0.15, 0.2) is 5.65 Å². The van der Waals surface area contributed by atoms with Crippen LogP contribution < -0.4 is 4.90 Å². The molecule has 29 heavy (non-hydrogen) atoms. The van der Waals surface area contributed by atoms with E-state index in [2.05, 4.69) is 15.2 Å². The van der Waals surface area contributed by atoms with E-state index in [1.807, 2.05) is 30.3 Å². The molecule has 0 spiro atoms. The molecule has 3 heterocycles. The second-order valence-electron chi connectivity index (χ2n) is 6.43. The van der Waals surface area contributed by atoms with Gasteiger partial charge in [-0.2, -0.15) is 5.10 Å². The van der Waals surface area contributed by atoms with Crippen molar-refractivity contribution in [3.63, 3.8) is 0 Å². The maximum atomic E-state index is 13.3. The first-order valence-electron chi connectivity index (χ1n) is 8.62. The number of aromatic nitrogens is 3. The molecule has 0 radical (unpaired) electrons. The average molecular weight is 385 g/mol. The number of carbonyl (C=O) groups excluding carboxylic acids is 2. The molecule has 140 valence electrons. The Balaban J connectivity index is 1.71. The number of nitrogens with one attached hydrogen (secondary N) is 1. The van der Waals surface area contributed by atoms with Crippen molar-refractivity contribution >= 4 is 34.2 Å². The predicted octanol–water partition coefficient (Wildman–Crippen LogP) is 3.33. The zero-order valence-electron chi connectivity index (χ0n) is 14.7. The quantitative estimate of drug-likeness (QED) is 0.328. The van der Waals surface area contributed by atoms with Crippen molar-refractivity contribution in [2.24, 2.45) is 0 Å². The first kappa shape index (κ1) is 16.8. The molecular weight excluding hydrogens is 374 g/mol. The molecule has 0 aliphatic carbocycles. The highest BCUT2D eigenvalue weighted by Crippen LogP contribution is 2.36. The summed E-state index contributed by atoms with van der Waals surface area (Å²) in [6.45, 7) is 0. The average Bonchev–Trinajstić information content (AvgIpc) is 3.28. The Morgan fingerprint density at radius 3 is 2.55 bits per heavy atom. The Bertz CT molecular complexity index is 1330. The van der Waals surface area contributed by atoms with Gasteiger partial charge in [0.2, 0.25) is 0 Å². The molecule has 0 saturated heterocycles. The Kier molecular flexibility index (Phi) is 3.50. The summed E-state index contributed by atoms with van der Waals surface area (Å²) in [4.78, 5) is 41.9. The zero-order valence-corrected chi connectivity index (χ0v) is 14.7. The predicted molar refractivity (Wildman–Crippen MR) is 104 cm³/mol. The first-order chi connectivity index (χ1) is 14.1. The SMILES string of the molecule is O=C1c2cnc3n[nH]c(-c4ccccc4)c3c2C(=O)N1c1cccc([N+](=O)[O-])c1. The van der Waals surface area contributed by atoms with Gasteiger partial charge in [-0.25, -0.2) is 9.88 Å². The number of carbonyl (C=O) groups is 2. The number of nitro benzene ring substituents is 1. The maximum absolute atomic E-state index is 13.3. The lowest BCUT2D eigenvalue weighted by Gasteiger charge is -2.13. The molecule has 0 unspecified atom stereocenters. The van der Waals surface area contributed by atoms with E-state index in [0.29, 0.717) is 16.7 Å². The topological polar surface area (TPSA) is 122 Å². The number of imide groups is 1. The Morgan fingerprint density at radius 1 is 1.00 bits per heavy atom. The fraction of sp³-hybridized carbons (Fsp3) is 0. The summed E-state index contributed by atoms with van der Waals surface area (Å²) in [7, 11) is 0. The number of amides is 2. The van der Waals surface area contributed by atoms with Crippen LogP contribution >= 0.6 is 0 Å². The molecular formula is C20H11N5O4. The van der Waals surface area contributed by atoms with Gasteiger partial charge in [0.05, 0.1) is 32.8 Å². The molecule has 0 bridgehead atoms. The van der Waals surface area contributed by atoms with Gasteiger partial charge in [-0.3, -0.25) is 24.8 Å². The van der Waals surface area contributed by atoms with Gasteiger partial charge in [-0.15, -0.1) is 0 Å². The molecule has 9 nitrogen and oxygen atoms in total. The van der Waals surface area contributed by atoms with Gasteiger partial charge >= 0.3 is 0 Å². The number of nitrogens with zero attached hydrogens (tertiary/aromatic N) is 4. The lowest BCUT2D eigenvalue weighted by atomic mass is 10.0. The number of rotatable bonds is 3. The van der Waals surface area contributed by atoms with Crippen LogP contribution in [0.25, 0.3) is 22.3 Å². The van der Waals surface area contributed by atoms with Crippen molar-refractivity contribution in [2.75, 3.05) is 4.90 Å². The smallest absolute Gasteiger partial charge is 0.271 e. The Labute approximate surface area is 162 Å². The third-order valence-corrected chi connectivity index (χ3v) is 4.79. The zero-order chi connectivity index (χ0) is 20.1. The minimum absolute atomic E-state index is 0.128. The highest BCUT2D eigenvalue weighted by molar-refractivity contribution is 6.38. The summed E-state index contributed by atoms with van der Waals surface area (Å²) < 4.78 is 0. The number of H-pyrrole nitrogens is 1. The van der Waals surface area contributed by atoms with Crippen LogP contribution in [-0.4, -0.2) is 31.9 Å². The molecule has 0 atom stereocenters. The van der Waals surface area contributed by atoms with Crippen LogP contribution in [0.2, 0.25) is 0 Å². The number of pyridine rings is 1. The molecule has 0 fully saturated rings. The highest BCUT2D eigenvalue weighted by atomic mass is 16.6. The summed E-state index contributed by atoms with van der Waals surface area (Å²) in [6.07, 6.45) is 1.31. The van der Waals surface area contributed by atoms with Gasteiger partial charge in [0.1, 0.15) is 0 Å². The fourth-order valence-corrected chi connectivity index (χ4v) is 3.49. The fourth-order valence-electron chi connectivity index (χ4n) is 3.49. The second kappa shape index (κ2) is 6.06. The summed E-state index contributed by atoms with van der Waals surface area (Å²) >= 11 is 0. The molecule has 2 aromatic heterocycles. The number of aromatic amines is 1. The Hall–Kier alpha value is -4.40. The van der Waals surface area contributed by atoms with Gasteiger partial charge in [0.25, 0.3) is 17.5 Å². The van der Waals surface area contributed by atoms with Gasteiger partial charge in [-0.05, 0) is 6.07 Å². The molecule has 0 saturated carbocycles. The summed E-state index contributed by atoms with van der Waals surface area (Å²) in [6, 6.07) is 14.7. The van der Waals surface area contributed by atoms with Crippen molar-refractivity contribution in [1.29, 1.82) is 0 Å². The van der Waals surface area contributed by atoms with E-state index in [-0.39, 0.29) is 22.5 Å². The maximum Gasteiger partial charge on any atom is 0.271 e. The second-order valence-corrected chi connectivity index (χ2v) is 6.43. The minimum atomic E-state index is -0.583. The number of hydrogen-bond donors (Lipinski definition) is 1. The summed E-state index contributed by atoms with van der Waals surface area (Å²) in [5, 5.41) is 18.6. The molecule has 9 heteroatoms. The lowest BCUT2D eigenvalue weighted by molar-refractivity contribution is -0.384. The van der Waals surface area contributed by atoms with Crippen molar-refractivity contribution in [2.45, 2.75) is 0 Å². The standard InChI is InChI=1S/C20H11N5O4/c26-19-14-10-21-18-16(17(22-23-18)11-5-2-1-3-6-11)15(14)20(27)24(19)12-7-4-8-13(9-12)25(28)29/h1-10H,(H,21,22,23). The normalized spacial score (nSPS) is 13.2. The number of non-ortho nitro benzene ring substituents is 1. The van der Waals surface area contributed by atoms with Gasteiger partial charge < -0.3 is 0 Å². The summed E-state index contributed by atoms with van der Waals surface area (Å²) in [5.41, 5.74) is 1.90. The third kappa shape index (κ3) is 2.41. The van der Waals surface area contributed by atoms with Crippen LogP contribution in [0, 0.1) is 10.1 Å². The van der Waals surface area contributed by atoms with Crippen molar-refractivity contribution < 1.29 is 14.5 Å². The van der Waals surface area contributed by atoms with E-state index in [9.17, 15) is 19.7 Å². The van der Waals surface area contributed by atoms with Crippen molar-refractivity contribution in [3.05, 3.63) is 82.0 Å². The third-order valence-electron chi connectivity index (χ3n) is 4.79. The van der Waals surface area contributed by atoms with E-state index in [0.717, 1.165) is 10.5 Å². The van der Waals surface area contributed by atoms with E-state index < -0.39 is 16.7 Å². The first-order valence-corrected chi connectivity index (χ1v) is 8.62. The largest absolute Gasteiger partial charge is 0.275 e. The van der Waals surface area contributed by atoms with Crippen LogP contribution in [0.1, 0.15) is 20.7 Å². The molecule has 4 aromatic rings. The van der Waals surface area contributed by atoms with E-state index in [1.54, 1.807) is 0 Å². The number of anilines is 1. The van der Waals surface area contributed by atoms with Crippen LogP contribution in [-0.2, 0) is 0 Å². The van der Waals surface area contributed by atoms with Gasteiger partial charge in [-0.1, -0.05) is 36.4 Å². The molecule has 5 rings (SSSR count). The van der Waals surface area contributed by atoms with Crippen molar-refractivity contribution in [3.8, 4) is 11.3 Å². The van der Waals surface area contributed by atoms with Crippen LogP contribution in [0.15, 0.2) is 60.8 Å². The molecule has 1 N–H and O–H groups in total. The number of benzene rings is 2. The summed E-state index contributed by atoms with van der Waals surface area (Å²) in [5.74, 6) is -1.16. The van der Waals surface area contributed by atoms with Crippen LogP contribution in [0.4, 0.5) is 11.4 Å². The number of nitro groups is 1. The van der Waals surface area contributed by atoms with E-state index in [1.165, 1.54) is 30.5 Å². The van der Waals surface area contributed by atoms with E-state index >= 15 is 0 Å². The number of fused-ring (bicyclic) bond motifs is 3. The van der Waals surface area contributed by atoms with Crippen LogP contribution in [0.3, 0.4) is 0 Å². The monoisotopic (exact) mass is 385 g/mol. The highest BCUT2D eigenvalue weighted by Gasteiger charge is 2.40.